The molecule has 0 aromatic rings. The molecule has 0 atom stereocenters. The second kappa shape index (κ2) is 22.0. The van der Waals surface area contributed by atoms with E-state index in [4.69, 9.17) is 0 Å². The van der Waals surface area contributed by atoms with Gasteiger partial charge in [-0.25, -0.2) is 0 Å². The van der Waals surface area contributed by atoms with E-state index in [9.17, 15) is 0 Å². The van der Waals surface area contributed by atoms with Crippen LogP contribution in [0, 0.1) is 0 Å². The molecule has 23 valence electrons. The summed E-state index contributed by atoms with van der Waals surface area (Å²) in [5.74, 6) is 0. The molecule has 0 rings (SSSR count). The van der Waals surface area contributed by atoms with Crippen molar-refractivity contribution in [1.82, 2.24) is 0 Å². The molecule has 0 amide bonds. The van der Waals surface area contributed by atoms with Gasteiger partial charge in [0.05, 0.1) is 0 Å². The van der Waals surface area contributed by atoms with E-state index >= 15 is 0 Å². The molecule has 4 heteroatoms. The average molecular weight is 195 g/mol. The van der Waals surface area contributed by atoms with Crippen LogP contribution in [0.3, 0.4) is 0 Å². The van der Waals surface area contributed by atoms with E-state index in [-0.39, 0.29) is 62.0 Å². The Balaban J connectivity index is 0. The van der Waals surface area contributed by atoms with E-state index in [0.29, 0.717) is 0 Å². The van der Waals surface area contributed by atoms with Gasteiger partial charge in [0.25, 0.3) is 0 Å². The van der Waals surface area contributed by atoms with Gasteiger partial charge in [-0.15, -0.1) is 0 Å². The number of rotatable bonds is 0. The zero-order valence-electron chi connectivity index (χ0n) is 1.96. The summed E-state index contributed by atoms with van der Waals surface area (Å²) in [6.07, 6.45) is 0. The molecule has 0 aromatic carbocycles. The third-order valence-corrected chi connectivity index (χ3v) is 0. The van der Waals surface area contributed by atoms with Crippen molar-refractivity contribution in [3.63, 3.8) is 0 Å². The van der Waals surface area contributed by atoms with Crippen LogP contribution in [0.2, 0.25) is 0 Å². The summed E-state index contributed by atoms with van der Waals surface area (Å²) in [5, 5.41) is 0. The van der Waals surface area contributed by atoms with Crippen LogP contribution in [0.5, 0.6) is 0 Å². The van der Waals surface area contributed by atoms with Gasteiger partial charge in [-0.05, 0) is 0 Å². The van der Waals surface area contributed by atoms with E-state index in [0.717, 1.165) is 0 Å². The molecule has 0 fully saturated rings. The molecule has 4 heavy (non-hydrogen) atoms. The van der Waals surface area contributed by atoms with Crippen molar-refractivity contribution in [1.29, 1.82) is 0 Å². The fourth-order valence-corrected chi connectivity index (χ4v) is 0. The van der Waals surface area contributed by atoms with Crippen LogP contribution < -0.4 is 0 Å². The SMILES string of the molecule is [B].[Cu].[Mn].[Zn]. The van der Waals surface area contributed by atoms with Gasteiger partial charge < -0.3 is 0 Å². The van der Waals surface area contributed by atoms with Gasteiger partial charge in [0.15, 0.2) is 0 Å². The summed E-state index contributed by atoms with van der Waals surface area (Å²) < 4.78 is 0. The summed E-state index contributed by atoms with van der Waals surface area (Å²) in [7, 11) is 0. The van der Waals surface area contributed by atoms with Crippen LogP contribution in [0.25, 0.3) is 0 Å². The molecule has 0 aromatic heterocycles. The minimum atomic E-state index is 0. The second-order valence-electron chi connectivity index (χ2n) is 0. The second-order valence-corrected chi connectivity index (χ2v) is 0. The Labute approximate surface area is 61.8 Å². The quantitative estimate of drug-likeness (QED) is 0.461. The van der Waals surface area contributed by atoms with E-state index in [1.807, 2.05) is 0 Å². The first-order chi connectivity index (χ1) is 0. The van der Waals surface area contributed by atoms with Crippen LogP contribution >= 0.6 is 0 Å². The Morgan fingerprint density at radius 1 is 1.00 bits per heavy atom. The van der Waals surface area contributed by atoms with Gasteiger partial charge in [0.2, 0.25) is 0 Å². The van der Waals surface area contributed by atoms with Crippen LogP contribution in [0.1, 0.15) is 0 Å². The Kier molecular flexibility index (Phi) is 236. The fourth-order valence-electron chi connectivity index (χ4n) is 0. The molecule has 0 saturated heterocycles. The van der Waals surface area contributed by atoms with Gasteiger partial charge in [-0.3, -0.25) is 0 Å². The molecular weight excluding hydrogens is 195 g/mol. The first-order valence-electron chi connectivity index (χ1n) is 0. The van der Waals surface area contributed by atoms with Gasteiger partial charge in [0, 0.05) is 62.0 Å². The molecular formula is BCuMnZn. The van der Waals surface area contributed by atoms with Crippen molar-refractivity contribution in [3.8, 4) is 0 Å². The van der Waals surface area contributed by atoms with Crippen molar-refractivity contribution in [2.45, 2.75) is 0 Å². The molecule has 0 nitrogen and oxygen atoms in total. The summed E-state index contributed by atoms with van der Waals surface area (Å²) in [4.78, 5) is 0. The van der Waals surface area contributed by atoms with Crippen LogP contribution in [0.4, 0.5) is 0 Å². The van der Waals surface area contributed by atoms with E-state index in [2.05, 4.69) is 0 Å². The zero-order valence-corrected chi connectivity index (χ0v) is 7.05. The van der Waals surface area contributed by atoms with E-state index in [1.54, 1.807) is 0 Å². The van der Waals surface area contributed by atoms with Gasteiger partial charge in [-0.2, -0.15) is 0 Å². The van der Waals surface area contributed by atoms with Gasteiger partial charge in [-0.1, -0.05) is 0 Å². The van der Waals surface area contributed by atoms with Crippen LogP contribution in [0.15, 0.2) is 0 Å². The van der Waals surface area contributed by atoms with E-state index < -0.39 is 0 Å². The summed E-state index contributed by atoms with van der Waals surface area (Å²) in [6, 6.07) is 0. The van der Waals surface area contributed by atoms with Crippen molar-refractivity contribution in [3.05, 3.63) is 0 Å². The number of hydrogen-bond acceptors (Lipinski definition) is 0. The van der Waals surface area contributed by atoms with Crippen molar-refractivity contribution < 1.29 is 53.6 Å². The third-order valence-electron chi connectivity index (χ3n) is 0. The standard InChI is InChI=1S/B.Cu.Mn.Zn. The Morgan fingerprint density at radius 2 is 1.00 bits per heavy atom. The van der Waals surface area contributed by atoms with Crippen molar-refractivity contribution in [2.24, 2.45) is 0 Å². The molecule has 0 aliphatic carbocycles. The summed E-state index contributed by atoms with van der Waals surface area (Å²) >= 11 is 0. The van der Waals surface area contributed by atoms with Gasteiger partial charge in [0.1, 0.15) is 0 Å². The first kappa shape index (κ1) is 42.9. The molecule has 0 spiro atoms. The predicted molar refractivity (Wildman–Crippen MR) is 5.75 cm³/mol. The first-order valence-corrected chi connectivity index (χ1v) is 0. The van der Waals surface area contributed by atoms with Crippen LogP contribution in [-0.4, -0.2) is 8.41 Å². The molecule has 0 saturated carbocycles. The summed E-state index contributed by atoms with van der Waals surface area (Å²) in [5.41, 5.74) is 0. The Bertz CT molecular complexity index is 8.00. The molecule has 0 bridgehead atoms. The van der Waals surface area contributed by atoms with Crippen molar-refractivity contribution in [2.75, 3.05) is 0 Å². The Hall–Kier alpha value is 1.73. The molecule has 0 unspecified atom stereocenters. The van der Waals surface area contributed by atoms with Crippen LogP contribution in [-0.2, 0) is 53.6 Å². The molecule has 5 radical (unpaired) electrons. The zero-order chi connectivity index (χ0) is 0. The van der Waals surface area contributed by atoms with Crippen molar-refractivity contribution >= 4 is 8.41 Å². The largest absolute Gasteiger partial charge is 0 e. The van der Waals surface area contributed by atoms with Gasteiger partial charge >= 0.3 is 0 Å². The normalized spacial score (nSPS) is 0. The molecule has 0 heterocycles. The maximum absolute atomic E-state index is 0. The summed E-state index contributed by atoms with van der Waals surface area (Å²) in [6.45, 7) is 0. The Morgan fingerprint density at radius 3 is 1.00 bits per heavy atom. The smallest absolute Gasteiger partial charge is 0 e. The minimum Gasteiger partial charge on any atom is 0 e. The maximum Gasteiger partial charge on any atom is 0 e. The fraction of sp³-hybridized carbons (Fsp3) is 0. The maximum atomic E-state index is 0. The van der Waals surface area contributed by atoms with E-state index in [1.165, 1.54) is 0 Å². The third kappa shape index (κ3) is 9.29. The molecule has 0 N–H and O–H groups in total. The molecule has 0 aliphatic rings. The number of hydrogen-bond donors (Lipinski definition) is 0. The average Bonchev–Trinajstić information content (AvgIpc) is 0. The topological polar surface area (TPSA) is 0 Å². The monoisotopic (exact) mass is 193 g/mol. The minimum absolute atomic E-state index is 0. The predicted octanol–water partition coefficient (Wildman–Crippen LogP) is -0.388. The molecule has 0 aliphatic heterocycles.